The van der Waals surface area contributed by atoms with Crippen molar-refractivity contribution >= 4 is 117 Å². The Morgan fingerprint density at radius 3 is 1.12 bits per heavy atom. The van der Waals surface area contributed by atoms with Crippen molar-refractivity contribution < 1.29 is 73.0 Å². The van der Waals surface area contributed by atoms with Crippen molar-refractivity contribution in [1.29, 1.82) is 0 Å². The molecule has 11 heterocycles. The number of hydrogen-bond donors (Lipinski definition) is 3. The Morgan fingerprint density at radius 2 is 0.715 bits per heavy atom. The zero-order valence-corrected chi connectivity index (χ0v) is 77.9. The molecule has 1 saturated heterocycles. The number of fused-ring (bicyclic) bond motifs is 17. The number of allylic oxidation sites excluding steroid dienone is 1. The molecule has 3 N–H and O–H groups in total. The van der Waals surface area contributed by atoms with Gasteiger partial charge in [0, 0.05) is 183 Å². The van der Waals surface area contributed by atoms with Crippen LogP contribution in [0.1, 0.15) is 191 Å². The van der Waals surface area contributed by atoms with Gasteiger partial charge in [-0.1, -0.05) is 76.0 Å². The minimum Gasteiger partial charge on any atom is -0.497 e. The SMILES string of the molecule is COc1ccc2c(c1)C=C1Cn3c-2c(C2CCCCC2)c2ccc(cc23)C(=O)NS(=O)(=O)N(C)CCN(C)CCCC1=O.COc1ccc2c(c1)C=C1Cn3c-2c(C2CCCCC2)c2ccc(cc23)C(=O)NS(=O)(=O)N(C)CCN2CCN(CC2)C1=O.COc1ccc2c(c1)C=C1Cn3c-2c(C2CCCCC2)c2ccc(cc23)C(=O)NS(=O)(=O)N(C)CCOCCN(C)C1=O. The second kappa shape index (κ2) is 38.2. The molecule has 6 aromatic carbocycles. The van der Waals surface area contributed by atoms with E-state index in [1.807, 2.05) is 89.7 Å². The summed E-state index contributed by atoms with van der Waals surface area (Å²) in [6.45, 7) is 6.27. The van der Waals surface area contributed by atoms with Gasteiger partial charge >= 0.3 is 30.6 Å². The summed E-state index contributed by atoms with van der Waals surface area (Å²) in [6, 6.07) is 34.4. The fraction of sp³-hybridized carbons (Fsp3) is 0.449. The molecule has 9 aromatic rings. The number of carbonyl (C=O) groups excluding carboxylic acids is 6. The number of nitrogens with zero attached hydrogens (tertiary/aromatic N) is 10. The van der Waals surface area contributed by atoms with Crippen LogP contribution in [0.3, 0.4) is 0 Å². The first-order chi connectivity index (χ1) is 62.6. The average molecular weight is 1830 g/mol. The molecule has 29 nitrogen and oxygen atoms in total. The van der Waals surface area contributed by atoms with Gasteiger partial charge in [0.2, 0.25) is 0 Å². The van der Waals surface area contributed by atoms with E-state index in [-0.39, 0.29) is 67.1 Å². The number of methoxy groups -OCH3 is 3. The van der Waals surface area contributed by atoms with Gasteiger partial charge in [0.05, 0.1) is 71.3 Å². The topological polar surface area (TPSA) is 315 Å². The molecule has 5 amide bonds. The Hall–Kier alpha value is -10.8. The monoisotopic (exact) mass is 1830 g/mol. The number of ketones is 1. The van der Waals surface area contributed by atoms with E-state index in [0.717, 1.165) is 180 Å². The van der Waals surface area contributed by atoms with Gasteiger partial charge in [-0.3, -0.25) is 33.7 Å². The van der Waals surface area contributed by atoms with Crippen LogP contribution in [-0.4, -0.2) is 249 Å². The highest BCUT2D eigenvalue weighted by Crippen LogP contribution is 2.52. The summed E-state index contributed by atoms with van der Waals surface area (Å²) < 4.78 is 117. The number of rotatable bonds is 6. The number of hydrogen-bond acceptors (Lipinski definition) is 18. The van der Waals surface area contributed by atoms with Crippen molar-refractivity contribution in [3.63, 3.8) is 0 Å². The summed E-state index contributed by atoms with van der Waals surface area (Å²) in [5.41, 5.74) is 17.9. The molecule has 688 valence electrons. The number of benzene rings is 6. The van der Waals surface area contributed by atoms with Crippen LogP contribution in [-0.2, 0) is 69.4 Å². The van der Waals surface area contributed by atoms with Gasteiger partial charge in [-0.05, 0) is 219 Å². The smallest absolute Gasteiger partial charge is 0.303 e. The lowest BCUT2D eigenvalue weighted by molar-refractivity contribution is -0.129. The van der Waals surface area contributed by atoms with Crippen molar-refractivity contribution in [2.75, 3.05) is 142 Å². The summed E-state index contributed by atoms with van der Waals surface area (Å²) in [5.74, 6) is 1.09. The van der Waals surface area contributed by atoms with Gasteiger partial charge in [-0.2, -0.15) is 38.2 Å². The maximum absolute atomic E-state index is 14.2. The standard InChI is InChI=1S/C33H39N5O5S.C33H40N4O5S.C32H38N4O6S/c1-35-12-13-36-14-16-37(17-15-36)33(40)25-18-24-19-26(43-2)9-11-27(24)31-30(22-6-4-3-5-7-22)28-10-8-23(20-29(28)38(31)21-25)32(39)34-44(35,41)42;1-35-15-7-10-30(38)25-18-24-19-26(42-3)12-14-27(24)32-31(22-8-5-4-6-9-22)28-13-11-23(20-29(28)37(32)21-25)33(39)34-43(40,41)36(2)17-16-35;1-34-13-15-42-16-14-35(2)43(39,40)33-31(37)22-9-11-27-28(19-22)36-20-24(32(34)38)17-23-18-25(41-3)10-12-26(23)30(36)29(27)21-7-5-4-6-8-21/h8-11,18-20,22H,3-7,12-17,21H2,1-2H3,(H,34,39);11-14,18-20,22H,4-10,15-17,21H2,1-3H3,(H,34,39);9-12,17-19,21H,4-8,13-16,20H2,1-3H3,(H,33,37). The van der Waals surface area contributed by atoms with E-state index in [1.165, 1.54) is 61.4 Å². The molecular weight excluding hydrogens is 1710 g/mol. The maximum atomic E-state index is 14.2. The predicted molar refractivity (Wildman–Crippen MR) is 503 cm³/mol. The van der Waals surface area contributed by atoms with Gasteiger partial charge in [-0.25, -0.2) is 14.2 Å². The van der Waals surface area contributed by atoms with Crippen LogP contribution < -0.4 is 28.4 Å². The van der Waals surface area contributed by atoms with Crippen LogP contribution in [0.5, 0.6) is 17.2 Å². The van der Waals surface area contributed by atoms with E-state index >= 15 is 0 Å². The largest absolute Gasteiger partial charge is 0.497 e. The summed E-state index contributed by atoms with van der Waals surface area (Å²) in [7, 11) is 0.772. The summed E-state index contributed by atoms with van der Waals surface area (Å²) in [4.78, 5) is 89.8. The normalized spacial score (nSPS) is 21.0. The van der Waals surface area contributed by atoms with Crippen molar-refractivity contribution in [2.45, 2.75) is 147 Å². The first-order valence-corrected chi connectivity index (χ1v) is 50.0. The van der Waals surface area contributed by atoms with Crippen LogP contribution in [0.25, 0.3) is 84.7 Å². The number of carbonyl (C=O) groups is 6. The molecule has 32 heteroatoms. The quantitative estimate of drug-likeness (QED) is 0.139. The highest BCUT2D eigenvalue weighted by atomic mass is 32.2. The molecule has 3 aromatic heterocycles. The van der Waals surface area contributed by atoms with E-state index < -0.39 is 48.3 Å². The minimum atomic E-state index is -4.09. The van der Waals surface area contributed by atoms with Gasteiger partial charge in [0.25, 0.3) is 29.5 Å². The summed E-state index contributed by atoms with van der Waals surface area (Å²) in [5, 5.41) is 3.12. The third-order valence-electron chi connectivity index (χ3n) is 28.1. The molecule has 11 aliphatic rings. The molecule has 0 atom stereocenters. The van der Waals surface area contributed by atoms with Crippen LogP contribution >= 0.6 is 0 Å². The Kier molecular flexibility index (Phi) is 26.8. The van der Waals surface area contributed by atoms with Crippen molar-refractivity contribution in [3.05, 3.63) is 176 Å². The first-order valence-electron chi connectivity index (χ1n) is 45.6. The van der Waals surface area contributed by atoms with Crippen LogP contribution in [0.15, 0.2) is 126 Å². The van der Waals surface area contributed by atoms with E-state index in [9.17, 15) is 54.0 Å². The van der Waals surface area contributed by atoms with E-state index in [0.29, 0.717) is 125 Å². The van der Waals surface area contributed by atoms with Gasteiger partial charge in [-0.15, -0.1) is 0 Å². The zero-order chi connectivity index (χ0) is 91.2. The van der Waals surface area contributed by atoms with E-state index in [2.05, 4.69) is 51.0 Å². The molecular formula is C98H117N13O16S3. The Morgan fingerprint density at radius 1 is 0.362 bits per heavy atom. The van der Waals surface area contributed by atoms with Crippen molar-refractivity contribution in [3.8, 4) is 51.0 Å². The number of piperazine rings is 1. The van der Waals surface area contributed by atoms with Gasteiger partial charge < -0.3 is 47.3 Å². The fourth-order valence-electron chi connectivity index (χ4n) is 20.7. The van der Waals surface area contributed by atoms with Crippen LogP contribution in [0.2, 0.25) is 0 Å². The van der Waals surface area contributed by atoms with Gasteiger partial charge in [0.1, 0.15) is 17.2 Å². The molecule has 0 radical (unpaired) electrons. The Bertz CT molecular complexity index is 6440. The Labute approximate surface area is 760 Å². The summed E-state index contributed by atoms with van der Waals surface area (Å²) >= 11 is 0. The molecule has 3 saturated carbocycles. The highest BCUT2D eigenvalue weighted by Gasteiger charge is 2.39. The fourth-order valence-corrected chi connectivity index (χ4v) is 23.2. The number of aromatic nitrogens is 3. The lowest BCUT2D eigenvalue weighted by atomic mass is 9.81. The summed E-state index contributed by atoms with van der Waals surface area (Å²) in [6.07, 6.45) is 24.0. The molecule has 0 spiro atoms. The molecule has 3 aliphatic carbocycles. The zero-order valence-electron chi connectivity index (χ0n) is 75.4. The number of nitrogens with one attached hydrogen (secondary N) is 3. The molecule has 130 heavy (non-hydrogen) atoms. The molecule has 14 bridgehead atoms. The second-order valence-electron chi connectivity index (χ2n) is 36.2. The van der Waals surface area contributed by atoms with Gasteiger partial charge in [0.15, 0.2) is 5.78 Å². The predicted octanol–water partition coefficient (Wildman–Crippen LogP) is 12.9. The van der Waals surface area contributed by atoms with Crippen molar-refractivity contribution in [2.24, 2.45) is 0 Å². The maximum Gasteiger partial charge on any atom is 0.303 e. The third kappa shape index (κ3) is 18.5. The second-order valence-corrected chi connectivity index (χ2v) is 41.5. The molecule has 4 fully saturated rings. The Balaban J connectivity index is 0.000000137. The van der Waals surface area contributed by atoms with E-state index in [1.54, 1.807) is 69.7 Å². The minimum absolute atomic E-state index is 0.00486. The number of amides is 5. The first kappa shape index (κ1) is 91.1. The highest BCUT2D eigenvalue weighted by molar-refractivity contribution is 7.88. The van der Waals surface area contributed by atoms with Crippen LogP contribution in [0, 0.1) is 0 Å². The molecule has 20 rings (SSSR count). The molecule has 8 aliphatic heterocycles. The van der Waals surface area contributed by atoms with E-state index in [4.69, 9.17) is 18.9 Å². The van der Waals surface area contributed by atoms with Crippen LogP contribution in [0.4, 0.5) is 0 Å². The number of likely N-dealkylation sites (N-methyl/N-ethyl adjacent to an activating group) is 5. The number of ether oxygens (including phenoxy) is 4. The average Bonchev–Trinajstić information content (AvgIpc) is 1.58. The lowest BCUT2D eigenvalue weighted by Gasteiger charge is -2.35. The molecule has 0 unspecified atom stereocenters. The number of Topliss-reactive ketones (excluding diaryl/α,β-unsaturated/α-hetero) is 1. The third-order valence-corrected chi connectivity index (χ3v) is 32.4. The van der Waals surface area contributed by atoms with Crippen molar-refractivity contribution in [1.82, 2.24) is 60.4 Å². The lowest BCUT2D eigenvalue weighted by Crippen LogP contribution is -2.51.